The Morgan fingerprint density at radius 3 is 2.47 bits per heavy atom. The molecule has 4 rings (SSSR count). The fourth-order valence-corrected chi connectivity index (χ4v) is 5.33. The summed E-state index contributed by atoms with van der Waals surface area (Å²) >= 11 is 2.13. The number of hydrogen-bond donors (Lipinski definition) is 3. The van der Waals surface area contributed by atoms with Crippen LogP contribution >= 0.6 is 22.6 Å². The highest BCUT2D eigenvalue weighted by molar-refractivity contribution is 14.1. The molecular weight excluding hydrogens is 721 g/mol. The lowest BCUT2D eigenvalue weighted by molar-refractivity contribution is -0.139. The number of esters is 1. The van der Waals surface area contributed by atoms with Gasteiger partial charge >= 0.3 is 12.0 Å². The fourth-order valence-electron chi connectivity index (χ4n) is 4.55. The van der Waals surface area contributed by atoms with E-state index in [1.165, 1.54) is 20.4 Å². The molecule has 244 valence electrons. The second-order valence-corrected chi connectivity index (χ2v) is 11.1. The molecule has 0 unspecified atom stereocenters. The van der Waals surface area contributed by atoms with Crippen molar-refractivity contribution in [2.45, 2.75) is 26.5 Å². The summed E-state index contributed by atoms with van der Waals surface area (Å²) in [6.07, 6.45) is 1.46. The molecule has 0 radical (unpaired) electrons. The zero-order valence-electron chi connectivity index (χ0n) is 26.0. The predicted octanol–water partition coefficient (Wildman–Crippen LogP) is 4.48. The van der Waals surface area contributed by atoms with E-state index in [2.05, 4.69) is 49.8 Å². The number of allylic oxidation sites excluding steroid dienone is 1. The summed E-state index contributed by atoms with van der Waals surface area (Å²) in [6.45, 7) is 3.41. The molecule has 3 N–H and O–H groups in total. The first-order chi connectivity index (χ1) is 22.7. The topological polar surface area (TPSA) is 170 Å². The minimum absolute atomic E-state index is 0.176. The molecule has 0 aliphatic carbocycles. The highest BCUT2D eigenvalue weighted by Crippen LogP contribution is 2.35. The number of carbonyl (C=O) groups excluding carboxylic acids is 3. The number of halogens is 1. The van der Waals surface area contributed by atoms with Crippen molar-refractivity contribution < 1.29 is 38.1 Å². The molecule has 0 spiro atoms. The number of carbonyl (C=O) groups is 3. The molecule has 1 aliphatic heterocycles. The normalized spacial score (nSPS) is 14.0. The first kappa shape index (κ1) is 34.6. The molecular formula is C33H32IN5O8. The van der Waals surface area contributed by atoms with Gasteiger partial charge in [0.2, 0.25) is 0 Å². The number of benzene rings is 3. The van der Waals surface area contributed by atoms with Gasteiger partial charge in [-0.3, -0.25) is 4.79 Å². The van der Waals surface area contributed by atoms with Gasteiger partial charge in [0, 0.05) is 5.70 Å². The van der Waals surface area contributed by atoms with Crippen LogP contribution in [0.3, 0.4) is 0 Å². The monoisotopic (exact) mass is 753 g/mol. The zero-order valence-corrected chi connectivity index (χ0v) is 28.2. The van der Waals surface area contributed by atoms with E-state index in [4.69, 9.17) is 28.9 Å². The van der Waals surface area contributed by atoms with Crippen LogP contribution in [0.15, 0.2) is 71.0 Å². The first-order valence-corrected chi connectivity index (χ1v) is 15.3. The second-order valence-electron chi connectivity index (χ2n) is 9.91. The summed E-state index contributed by atoms with van der Waals surface area (Å²) < 4.78 is 28.6. The zero-order chi connectivity index (χ0) is 33.9. The van der Waals surface area contributed by atoms with Gasteiger partial charge in [0.25, 0.3) is 5.91 Å². The Morgan fingerprint density at radius 1 is 1.04 bits per heavy atom. The first-order valence-electron chi connectivity index (χ1n) is 14.2. The Balaban J connectivity index is 1.37. The van der Waals surface area contributed by atoms with E-state index < -0.39 is 23.9 Å². The third-order valence-corrected chi connectivity index (χ3v) is 7.57. The molecule has 0 saturated heterocycles. The van der Waals surface area contributed by atoms with Crippen LogP contribution in [0.5, 0.6) is 23.0 Å². The van der Waals surface area contributed by atoms with E-state index in [1.807, 2.05) is 18.2 Å². The molecule has 3 amide bonds. The Hall–Kier alpha value is -5.30. The molecule has 1 atom stereocenters. The van der Waals surface area contributed by atoms with Gasteiger partial charge in [-0.25, -0.2) is 15.0 Å². The Labute approximate surface area is 285 Å². The standard InChI is InChI=1S/C33H32IN5O8/c1-5-45-32(41)29-19(2)37-33(42)38-30(29)23-10-11-25(26(14-23)43-3)46-18-28(40)39-36-16-22-12-24(34)31(27(13-22)44-4)47-17-21-8-6-20(15-35)7-9-21/h6-14,16,30H,5,17-18H2,1-4H3,(H,39,40)(H2,37,38,42)/b36-16+/t30-/m1/s1. The summed E-state index contributed by atoms with van der Waals surface area (Å²) in [6, 6.07) is 16.3. The van der Waals surface area contributed by atoms with Gasteiger partial charge in [0.05, 0.1) is 53.9 Å². The lowest BCUT2D eigenvalue weighted by Gasteiger charge is -2.28. The maximum absolute atomic E-state index is 12.6. The maximum Gasteiger partial charge on any atom is 0.338 e. The smallest absolute Gasteiger partial charge is 0.338 e. The van der Waals surface area contributed by atoms with Crippen LogP contribution in [0, 0.1) is 14.9 Å². The molecule has 47 heavy (non-hydrogen) atoms. The van der Waals surface area contributed by atoms with Gasteiger partial charge < -0.3 is 34.3 Å². The summed E-state index contributed by atoms with van der Waals surface area (Å²) in [5.74, 6) is 0.515. The van der Waals surface area contributed by atoms with E-state index in [0.29, 0.717) is 33.9 Å². The Kier molecular flexibility index (Phi) is 12.0. The molecule has 0 fully saturated rings. The number of hydrazone groups is 1. The predicted molar refractivity (Wildman–Crippen MR) is 179 cm³/mol. The number of nitriles is 1. The van der Waals surface area contributed by atoms with Crippen LogP contribution in [-0.2, 0) is 20.9 Å². The molecule has 3 aromatic rings. The molecule has 13 nitrogen and oxygen atoms in total. The Morgan fingerprint density at radius 2 is 1.79 bits per heavy atom. The van der Waals surface area contributed by atoms with Crippen molar-refractivity contribution in [3.63, 3.8) is 0 Å². The van der Waals surface area contributed by atoms with E-state index in [9.17, 15) is 14.4 Å². The van der Waals surface area contributed by atoms with Crippen LogP contribution in [-0.4, -0.2) is 51.6 Å². The van der Waals surface area contributed by atoms with Crippen LogP contribution in [0.25, 0.3) is 0 Å². The molecule has 0 bridgehead atoms. The maximum atomic E-state index is 12.6. The number of nitrogens with zero attached hydrogens (tertiary/aromatic N) is 2. The third kappa shape index (κ3) is 8.91. The molecule has 0 aromatic heterocycles. The number of methoxy groups -OCH3 is 2. The van der Waals surface area contributed by atoms with Crippen LogP contribution < -0.4 is 35.0 Å². The highest BCUT2D eigenvalue weighted by Gasteiger charge is 2.32. The van der Waals surface area contributed by atoms with E-state index in [1.54, 1.807) is 50.2 Å². The van der Waals surface area contributed by atoms with Crippen LogP contribution in [0.2, 0.25) is 0 Å². The van der Waals surface area contributed by atoms with Crippen molar-refractivity contribution in [3.8, 4) is 29.1 Å². The van der Waals surface area contributed by atoms with E-state index in [0.717, 1.165) is 9.13 Å². The highest BCUT2D eigenvalue weighted by atomic mass is 127. The van der Waals surface area contributed by atoms with Crippen molar-refractivity contribution >= 4 is 46.7 Å². The molecule has 1 aliphatic rings. The summed E-state index contributed by atoms with van der Waals surface area (Å²) in [4.78, 5) is 37.3. The van der Waals surface area contributed by atoms with Crippen molar-refractivity contribution in [1.29, 1.82) is 5.26 Å². The van der Waals surface area contributed by atoms with Gasteiger partial charge in [-0.15, -0.1) is 0 Å². The molecule has 3 aromatic carbocycles. The summed E-state index contributed by atoms with van der Waals surface area (Å²) in [5, 5.41) is 18.3. The lowest BCUT2D eigenvalue weighted by atomic mass is 9.95. The lowest BCUT2D eigenvalue weighted by Crippen LogP contribution is -2.45. The van der Waals surface area contributed by atoms with Gasteiger partial charge in [0.1, 0.15) is 6.61 Å². The number of nitrogens with one attached hydrogen (secondary N) is 3. The number of ether oxygens (including phenoxy) is 5. The van der Waals surface area contributed by atoms with E-state index >= 15 is 0 Å². The van der Waals surface area contributed by atoms with Crippen molar-refractivity contribution in [2.24, 2.45) is 5.10 Å². The second kappa shape index (κ2) is 16.3. The van der Waals surface area contributed by atoms with Gasteiger partial charge in [-0.05, 0) is 89.5 Å². The number of urea groups is 1. The van der Waals surface area contributed by atoms with E-state index in [-0.39, 0.29) is 36.9 Å². The SMILES string of the molecule is CCOC(=O)C1=C(C)NC(=O)N[C@@H]1c1ccc(OCC(=O)N/N=C/c2cc(I)c(OCc3ccc(C#N)cc3)c(OC)c2)c(OC)c1. The molecule has 0 saturated carbocycles. The summed E-state index contributed by atoms with van der Waals surface area (Å²) in [7, 11) is 2.96. The Bertz CT molecular complexity index is 1750. The van der Waals surface area contributed by atoms with Gasteiger partial charge in [0.15, 0.2) is 29.6 Å². The minimum atomic E-state index is -0.784. The van der Waals surface area contributed by atoms with Crippen molar-refractivity contribution in [2.75, 3.05) is 27.4 Å². The van der Waals surface area contributed by atoms with Crippen molar-refractivity contribution in [3.05, 3.63) is 91.7 Å². The number of hydrogen-bond acceptors (Lipinski definition) is 10. The largest absolute Gasteiger partial charge is 0.493 e. The van der Waals surface area contributed by atoms with Crippen molar-refractivity contribution in [1.82, 2.24) is 16.1 Å². The minimum Gasteiger partial charge on any atom is -0.493 e. The number of amides is 3. The van der Waals surface area contributed by atoms with Crippen LogP contribution in [0.4, 0.5) is 4.79 Å². The average molecular weight is 754 g/mol. The quantitative estimate of drug-likeness (QED) is 0.0987. The third-order valence-electron chi connectivity index (χ3n) is 6.77. The van der Waals surface area contributed by atoms with Gasteiger partial charge in [-0.1, -0.05) is 18.2 Å². The molecule has 1 heterocycles. The fraction of sp³-hybridized carbons (Fsp3) is 0.242. The number of rotatable bonds is 13. The van der Waals surface area contributed by atoms with Crippen LogP contribution in [0.1, 0.15) is 42.1 Å². The molecule has 14 heteroatoms. The summed E-state index contributed by atoms with van der Waals surface area (Å²) in [5.41, 5.74) is 5.75. The van der Waals surface area contributed by atoms with Gasteiger partial charge in [-0.2, -0.15) is 10.4 Å². The average Bonchev–Trinajstić information content (AvgIpc) is 3.06.